The number of nitriles is 2. The zero-order chi connectivity index (χ0) is 23.5. The molecule has 1 aromatic heterocycles. The van der Waals surface area contributed by atoms with Crippen LogP contribution in [0.15, 0.2) is 103 Å². The van der Waals surface area contributed by atoms with Gasteiger partial charge in [0.1, 0.15) is 0 Å². The van der Waals surface area contributed by atoms with Crippen molar-refractivity contribution in [3.63, 3.8) is 0 Å². The van der Waals surface area contributed by atoms with Gasteiger partial charge in [-0.25, -0.2) is 0 Å². The van der Waals surface area contributed by atoms with E-state index < -0.39 is 0 Å². The third-order valence-electron chi connectivity index (χ3n) is 6.08. The molecule has 0 unspecified atom stereocenters. The van der Waals surface area contributed by atoms with Crippen LogP contribution in [0.2, 0.25) is 0 Å². The molecule has 0 aliphatic rings. The SMILES string of the molecule is N#CC(/C=C\N)=C/Cc1cc2c3ccccc3c(-c3cc(C#N)ccn3)cc2c2ccccc12. The maximum Gasteiger partial charge on any atom is 0.0992 e. The maximum absolute atomic E-state index is 9.39. The molecule has 0 aliphatic heterocycles. The molecule has 4 nitrogen and oxygen atoms in total. The highest BCUT2D eigenvalue weighted by Gasteiger charge is 2.14. The van der Waals surface area contributed by atoms with Crippen LogP contribution in [0.25, 0.3) is 43.6 Å². The van der Waals surface area contributed by atoms with Crippen molar-refractivity contribution in [1.29, 1.82) is 10.5 Å². The Morgan fingerprint density at radius 2 is 1.50 bits per heavy atom. The van der Waals surface area contributed by atoms with Crippen LogP contribution in [0, 0.1) is 22.7 Å². The maximum atomic E-state index is 9.39. The number of pyridine rings is 1. The summed E-state index contributed by atoms with van der Waals surface area (Å²) in [4.78, 5) is 4.58. The molecule has 0 radical (unpaired) electrons. The van der Waals surface area contributed by atoms with Gasteiger partial charge in [0.05, 0.1) is 23.4 Å². The van der Waals surface area contributed by atoms with Crippen LogP contribution in [0.3, 0.4) is 0 Å². The van der Waals surface area contributed by atoms with E-state index in [1.54, 1.807) is 18.3 Å². The third-order valence-corrected chi connectivity index (χ3v) is 6.08. The van der Waals surface area contributed by atoms with E-state index in [0.717, 1.165) is 49.1 Å². The zero-order valence-electron chi connectivity index (χ0n) is 18.4. The summed E-state index contributed by atoms with van der Waals surface area (Å²) in [7, 11) is 0. The zero-order valence-corrected chi connectivity index (χ0v) is 18.4. The first-order chi connectivity index (χ1) is 16.7. The summed E-state index contributed by atoms with van der Waals surface area (Å²) >= 11 is 0. The lowest BCUT2D eigenvalue weighted by Gasteiger charge is -2.15. The summed E-state index contributed by atoms with van der Waals surface area (Å²) in [6.45, 7) is 0. The largest absolute Gasteiger partial charge is 0.405 e. The Morgan fingerprint density at radius 3 is 2.21 bits per heavy atom. The van der Waals surface area contributed by atoms with Gasteiger partial charge in [-0.05, 0) is 80.8 Å². The number of fused-ring (bicyclic) bond motifs is 5. The van der Waals surface area contributed by atoms with Crippen LogP contribution < -0.4 is 5.73 Å². The lowest BCUT2D eigenvalue weighted by atomic mass is 9.89. The predicted molar refractivity (Wildman–Crippen MR) is 138 cm³/mol. The average Bonchev–Trinajstić information content (AvgIpc) is 2.90. The van der Waals surface area contributed by atoms with E-state index in [9.17, 15) is 10.5 Å². The van der Waals surface area contributed by atoms with Gasteiger partial charge in [-0.3, -0.25) is 4.98 Å². The first kappa shape index (κ1) is 20.9. The Balaban J connectivity index is 1.84. The van der Waals surface area contributed by atoms with Crippen LogP contribution in [0.1, 0.15) is 11.1 Å². The highest BCUT2D eigenvalue weighted by atomic mass is 14.7. The fourth-order valence-corrected chi connectivity index (χ4v) is 4.53. The van der Waals surface area contributed by atoms with Crippen molar-refractivity contribution < 1.29 is 0 Å². The van der Waals surface area contributed by atoms with Crippen molar-refractivity contribution >= 4 is 32.3 Å². The Hall–Kier alpha value is -4.93. The molecule has 1 heterocycles. The minimum Gasteiger partial charge on any atom is -0.405 e. The molecule has 0 saturated heterocycles. The first-order valence-corrected chi connectivity index (χ1v) is 10.9. The van der Waals surface area contributed by atoms with E-state index in [2.05, 4.69) is 53.5 Å². The molecule has 0 aliphatic carbocycles. The molecule has 0 fully saturated rings. The van der Waals surface area contributed by atoms with Crippen molar-refractivity contribution in [3.05, 3.63) is 114 Å². The van der Waals surface area contributed by atoms with E-state index in [0.29, 0.717) is 17.6 Å². The van der Waals surface area contributed by atoms with E-state index in [1.165, 1.54) is 6.20 Å². The molecule has 4 aromatic carbocycles. The molecule has 0 amide bonds. The molecule has 2 N–H and O–H groups in total. The molecule has 0 saturated carbocycles. The van der Waals surface area contributed by atoms with Gasteiger partial charge in [0, 0.05) is 17.3 Å². The normalized spacial score (nSPS) is 11.8. The second-order valence-electron chi connectivity index (χ2n) is 8.02. The van der Waals surface area contributed by atoms with Gasteiger partial charge < -0.3 is 5.73 Å². The molecule has 0 spiro atoms. The Bertz CT molecular complexity index is 1710. The lowest BCUT2D eigenvalue weighted by Crippen LogP contribution is -1.92. The molecule has 4 heteroatoms. The van der Waals surface area contributed by atoms with Crippen molar-refractivity contribution in [3.8, 4) is 23.4 Å². The Kier molecular flexibility index (Phi) is 5.48. The highest BCUT2D eigenvalue weighted by Crippen LogP contribution is 2.39. The van der Waals surface area contributed by atoms with Gasteiger partial charge >= 0.3 is 0 Å². The molecular formula is C30H20N4. The van der Waals surface area contributed by atoms with Gasteiger partial charge in [-0.2, -0.15) is 10.5 Å². The van der Waals surface area contributed by atoms with E-state index in [1.807, 2.05) is 36.4 Å². The number of rotatable bonds is 4. The summed E-state index contributed by atoms with van der Waals surface area (Å²) in [5.74, 6) is 0. The Morgan fingerprint density at radius 1 is 0.824 bits per heavy atom. The van der Waals surface area contributed by atoms with Gasteiger partial charge in [-0.15, -0.1) is 0 Å². The molecule has 160 valence electrons. The van der Waals surface area contributed by atoms with Crippen molar-refractivity contribution in [2.45, 2.75) is 6.42 Å². The lowest BCUT2D eigenvalue weighted by molar-refractivity contribution is 1.29. The number of benzene rings is 4. The second-order valence-corrected chi connectivity index (χ2v) is 8.02. The summed E-state index contributed by atoms with van der Waals surface area (Å²) in [6.07, 6.45) is 7.21. The number of allylic oxidation sites excluding steroid dienone is 3. The molecule has 5 aromatic rings. The van der Waals surface area contributed by atoms with Gasteiger partial charge in [0.15, 0.2) is 0 Å². The summed E-state index contributed by atoms with van der Waals surface area (Å²) < 4.78 is 0. The van der Waals surface area contributed by atoms with E-state index in [4.69, 9.17) is 5.73 Å². The highest BCUT2D eigenvalue weighted by molar-refractivity contribution is 6.21. The standard InChI is InChI=1S/C30H20N4/c31-13-11-20(18-32)9-10-22-16-27-25-7-3-4-8-26(25)29(30-15-21(19-33)12-14-34-30)17-28(27)24-6-2-1-5-23(22)24/h1-9,11-17H,10,31H2/b13-11-,20-9+. The first-order valence-electron chi connectivity index (χ1n) is 10.9. The minimum absolute atomic E-state index is 0.537. The number of nitrogens with two attached hydrogens (primary N) is 1. The second kappa shape index (κ2) is 8.90. The smallest absolute Gasteiger partial charge is 0.0992 e. The number of hydrogen-bond acceptors (Lipinski definition) is 4. The quantitative estimate of drug-likeness (QED) is 0.197. The fraction of sp³-hybridized carbons (Fsp3) is 0.0333. The van der Waals surface area contributed by atoms with Crippen LogP contribution in [0.4, 0.5) is 0 Å². The van der Waals surface area contributed by atoms with E-state index >= 15 is 0 Å². The van der Waals surface area contributed by atoms with Gasteiger partial charge in [0.2, 0.25) is 0 Å². The molecule has 0 atom stereocenters. The predicted octanol–water partition coefficient (Wildman–Crippen LogP) is 6.54. The van der Waals surface area contributed by atoms with Crippen molar-refractivity contribution in [2.75, 3.05) is 0 Å². The molecular weight excluding hydrogens is 416 g/mol. The van der Waals surface area contributed by atoms with Crippen LogP contribution in [-0.4, -0.2) is 4.98 Å². The monoisotopic (exact) mass is 436 g/mol. The number of aromatic nitrogens is 1. The van der Waals surface area contributed by atoms with Crippen LogP contribution >= 0.6 is 0 Å². The van der Waals surface area contributed by atoms with E-state index in [-0.39, 0.29) is 0 Å². The minimum atomic E-state index is 0.537. The molecule has 5 rings (SSSR count). The van der Waals surface area contributed by atoms with Crippen molar-refractivity contribution in [1.82, 2.24) is 4.98 Å². The van der Waals surface area contributed by atoms with Crippen LogP contribution in [-0.2, 0) is 6.42 Å². The molecule has 34 heavy (non-hydrogen) atoms. The topological polar surface area (TPSA) is 86.5 Å². The van der Waals surface area contributed by atoms with Crippen LogP contribution in [0.5, 0.6) is 0 Å². The van der Waals surface area contributed by atoms with Gasteiger partial charge in [0.25, 0.3) is 0 Å². The Labute approximate surface area is 197 Å². The molecule has 0 bridgehead atoms. The number of nitrogens with zero attached hydrogens (tertiary/aromatic N) is 3. The van der Waals surface area contributed by atoms with Crippen molar-refractivity contribution in [2.24, 2.45) is 5.73 Å². The van der Waals surface area contributed by atoms with Gasteiger partial charge in [-0.1, -0.05) is 54.6 Å². The average molecular weight is 437 g/mol. The third kappa shape index (κ3) is 3.64. The fourth-order valence-electron chi connectivity index (χ4n) is 4.53. The number of hydrogen-bond donors (Lipinski definition) is 1. The summed E-state index contributed by atoms with van der Waals surface area (Å²) in [5.41, 5.74) is 9.53. The summed E-state index contributed by atoms with van der Waals surface area (Å²) in [6, 6.07) is 29.0. The summed E-state index contributed by atoms with van der Waals surface area (Å²) in [5, 5.41) is 25.5.